The molecule has 0 bridgehead atoms. The van der Waals surface area contributed by atoms with Gasteiger partial charge < -0.3 is 5.32 Å². The monoisotopic (exact) mass is 270 g/mol. The average Bonchev–Trinajstić information content (AvgIpc) is 2.38. The Morgan fingerprint density at radius 2 is 2.22 bits per heavy atom. The van der Waals surface area contributed by atoms with Crippen LogP contribution < -0.4 is 10.0 Å². The minimum absolute atomic E-state index is 0.0220. The molecule has 1 atom stereocenters. The summed E-state index contributed by atoms with van der Waals surface area (Å²) < 4.78 is 26.7. The summed E-state index contributed by atoms with van der Waals surface area (Å²) in [5, 5.41) is 3.28. The Morgan fingerprint density at radius 1 is 1.44 bits per heavy atom. The van der Waals surface area contributed by atoms with Crippen molar-refractivity contribution < 1.29 is 8.42 Å². The summed E-state index contributed by atoms with van der Waals surface area (Å²) in [6, 6.07) is 0. The molecule has 1 aromatic heterocycles. The van der Waals surface area contributed by atoms with E-state index in [1.807, 2.05) is 0 Å². The van der Waals surface area contributed by atoms with Crippen LogP contribution in [0.1, 0.15) is 18.5 Å². The fourth-order valence-electron chi connectivity index (χ4n) is 2.05. The first-order chi connectivity index (χ1) is 8.59. The predicted octanol–water partition coefficient (Wildman–Crippen LogP) is 0.0629. The van der Waals surface area contributed by atoms with Gasteiger partial charge in [-0.15, -0.1) is 0 Å². The molecule has 0 radical (unpaired) electrons. The zero-order chi connectivity index (χ0) is 13.0. The highest BCUT2D eigenvalue weighted by atomic mass is 32.2. The Kier molecular flexibility index (Phi) is 4.26. The second-order valence-electron chi connectivity index (χ2n) is 4.51. The lowest BCUT2D eigenvalue weighted by Crippen LogP contribution is -2.38. The second-order valence-corrected chi connectivity index (χ2v) is 6.19. The van der Waals surface area contributed by atoms with Gasteiger partial charge in [-0.3, -0.25) is 4.98 Å². The molecule has 0 aliphatic carbocycles. The molecule has 18 heavy (non-hydrogen) atoms. The third kappa shape index (κ3) is 3.24. The molecule has 1 aliphatic rings. The SMILES string of the molecule is Cc1nccnc1S(=O)(=O)NCC1CCCNC1. The zero-order valence-corrected chi connectivity index (χ0v) is 11.2. The van der Waals surface area contributed by atoms with E-state index in [0.29, 0.717) is 18.2 Å². The van der Waals surface area contributed by atoms with Crippen LogP contribution in [0, 0.1) is 12.8 Å². The van der Waals surface area contributed by atoms with E-state index in [9.17, 15) is 8.42 Å². The predicted molar refractivity (Wildman–Crippen MR) is 67.6 cm³/mol. The van der Waals surface area contributed by atoms with E-state index < -0.39 is 10.0 Å². The van der Waals surface area contributed by atoms with E-state index in [1.165, 1.54) is 12.4 Å². The maximum atomic E-state index is 12.1. The van der Waals surface area contributed by atoms with Crippen LogP contribution in [-0.2, 0) is 10.0 Å². The molecule has 0 amide bonds. The molecule has 1 aliphatic heterocycles. The number of piperidine rings is 1. The molecular weight excluding hydrogens is 252 g/mol. The van der Waals surface area contributed by atoms with Crippen molar-refractivity contribution in [3.63, 3.8) is 0 Å². The van der Waals surface area contributed by atoms with E-state index in [-0.39, 0.29) is 5.03 Å². The van der Waals surface area contributed by atoms with E-state index in [1.54, 1.807) is 6.92 Å². The van der Waals surface area contributed by atoms with Gasteiger partial charge in [0.1, 0.15) is 0 Å². The van der Waals surface area contributed by atoms with E-state index >= 15 is 0 Å². The Bertz CT molecular complexity index is 498. The van der Waals surface area contributed by atoms with Crippen molar-refractivity contribution in [2.75, 3.05) is 19.6 Å². The number of rotatable bonds is 4. The van der Waals surface area contributed by atoms with Gasteiger partial charge in [0.15, 0.2) is 5.03 Å². The van der Waals surface area contributed by atoms with Crippen LogP contribution in [0.4, 0.5) is 0 Å². The molecule has 1 aromatic rings. The maximum Gasteiger partial charge on any atom is 0.259 e. The summed E-state index contributed by atoms with van der Waals surface area (Å²) >= 11 is 0. The van der Waals surface area contributed by atoms with Gasteiger partial charge in [-0.2, -0.15) is 0 Å². The number of nitrogens with one attached hydrogen (secondary N) is 2. The molecule has 2 heterocycles. The summed E-state index contributed by atoms with van der Waals surface area (Å²) in [5.74, 6) is 0.352. The largest absolute Gasteiger partial charge is 0.316 e. The van der Waals surface area contributed by atoms with Crippen molar-refractivity contribution in [1.29, 1.82) is 0 Å². The van der Waals surface area contributed by atoms with Crippen LogP contribution in [0.3, 0.4) is 0 Å². The molecular formula is C11H18N4O2S. The normalized spacial score (nSPS) is 20.8. The van der Waals surface area contributed by atoms with Crippen LogP contribution in [0.5, 0.6) is 0 Å². The summed E-state index contributed by atoms with van der Waals surface area (Å²) in [7, 11) is -3.54. The van der Waals surface area contributed by atoms with Gasteiger partial charge in [-0.25, -0.2) is 18.1 Å². The standard InChI is InChI=1S/C11H18N4O2S/c1-9-11(14-6-5-13-9)18(16,17)15-8-10-3-2-4-12-7-10/h5-6,10,12,15H,2-4,7-8H2,1H3. The minimum Gasteiger partial charge on any atom is -0.316 e. The number of hydrogen-bond acceptors (Lipinski definition) is 5. The smallest absolute Gasteiger partial charge is 0.259 e. The highest BCUT2D eigenvalue weighted by Gasteiger charge is 2.21. The lowest BCUT2D eigenvalue weighted by Gasteiger charge is -2.22. The Hall–Kier alpha value is -1.05. The van der Waals surface area contributed by atoms with Crippen molar-refractivity contribution in [2.45, 2.75) is 24.8 Å². The highest BCUT2D eigenvalue weighted by Crippen LogP contribution is 2.11. The lowest BCUT2D eigenvalue weighted by atomic mass is 10.0. The van der Waals surface area contributed by atoms with E-state index in [4.69, 9.17) is 0 Å². The fourth-order valence-corrected chi connectivity index (χ4v) is 3.29. The van der Waals surface area contributed by atoms with Crippen LogP contribution in [-0.4, -0.2) is 38.0 Å². The van der Waals surface area contributed by atoms with Crippen LogP contribution >= 0.6 is 0 Å². The van der Waals surface area contributed by atoms with E-state index in [0.717, 1.165) is 25.9 Å². The molecule has 0 aromatic carbocycles. The number of aryl methyl sites for hydroxylation is 1. The van der Waals surface area contributed by atoms with Gasteiger partial charge in [0.25, 0.3) is 10.0 Å². The van der Waals surface area contributed by atoms with Crippen LogP contribution in [0.25, 0.3) is 0 Å². The third-order valence-corrected chi connectivity index (χ3v) is 4.51. The van der Waals surface area contributed by atoms with Crippen molar-refractivity contribution in [3.8, 4) is 0 Å². The number of hydrogen-bond donors (Lipinski definition) is 2. The minimum atomic E-state index is -3.54. The Morgan fingerprint density at radius 3 is 2.89 bits per heavy atom. The molecule has 1 fully saturated rings. The van der Waals surface area contributed by atoms with Crippen LogP contribution in [0.15, 0.2) is 17.4 Å². The van der Waals surface area contributed by atoms with Gasteiger partial charge in [0.05, 0.1) is 5.69 Å². The number of nitrogens with zero attached hydrogens (tertiary/aromatic N) is 2. The molecule has 0 spiro atoms. The van der Waals surface area contributed by atoms with Gasteiger partial charge in [0.2, 0.25) is 0 Å². The molecule has 0 saturated carbocycles. The lowest BCUT2D eigenvalue weighted by molar-refractivity contribution is 0.375. The maximum absolute atomic E-state index is 12.1. The number of sulfonamides is 1. The van der Waals surface area contributed by atoms with Gasteiger partial charge in [-0.1, -0.05) is 0 Å². The fraction of sp³-hybridized carbons (Fsp3) is 0.636. The highest BCUT2D eigenvalue weighted by molar-refractivity contribution is 7.89. The van der Waals surface area contributed by atoms with E-state index in [2.05, 4.69) is 20.0 Å². The van der Waals surface area contributed by atoms with Crippen molar-refractivity contribution in [3.05, 3.63) is 18.1 Å². The summed E-state index contributed by atoms with van der Waals surface area (Å²) in [6.07, 6.45) is 5.02. The molecule has 2 N–H and O–H groups in total. The van der Waals surface area contributed by atoms with Crippen molar-refractivity contribution in [1.82, 2.24) is 20.0 Å². The summed E-state index contributed by atoms with van der Waals surface area (Å²) in [6.45, 7) is 3.98. The molecule has 1 unspecified atom stereocenters. The Labute approximate surface area is 107 Å². The zero-order valence-electron chi connectivity index (χ0n) is 10.4. The third-order valence-electron chi connectivity index (χ3n) is 3.05. The average molecular weight is 270 g/mol. The molecule has 1 saturated heterocycles. The first kappa shape index (κ1) is 13.4. The molecule has 6 nitrogen and oxygen atoms in total. The first-order valence-electron chi connectivity index (χ1n) is 6.07. The second kappa shape index (κ2) is 5.73. The summed E-state index contributed by atoms with van der Waals surface area (Å²) in [4.78, 5) is 7.83. The van der Waals surface area contributed by atoms with Gasteiger partial charge in [0, 0.05) is 18.9 Å². The first-order valence-corrected chi connectivity index (χ1v) is 7.56. The van der Waals surface area contributed by atoms with Gasteiger partial charge >= 0.3 is 0 Å². The van der Waals surface area contributed by atoms with Crippen molar-refractivity contribution >= 4 is 10.0 Å². The topological polar surface area (TPSA) is 84.0 Å². The van der Waals surface area contributed by atoms with Crippen LogP contribution in [0.2, 0.25) is 0 Å². The Balaban J connectivity index is 2.01. The molecule has 100 valence electrons. The number of aromatic nitrogens is 2. The quantitative estimate of drug-likeness (QED) is 0.808. The summed E-state index contributed by atoms with van der Waals surface area (Å²) in [5.41, 5.74) is 0.423. The molecule has 7 heteroatoms. The van der Waals surface area contributed by atoms with Crippen molar-refractivity contribution in [2.24, 2.45) is 5.92 Å². The van der Waals surface area contributed by atoms with Gasteiger partial charge in [-0.05, 0) is 38.8 Å². The molecule has 2 rings (SSSR count).